The zero-order valence-corrected chi connectivity index (χ0v) is 19.5. The second-order valence-electron chi connectivity index (χ2n) is 8.00. The zero-order valence-electron chi connectivity index (χ0n) is 17.9. The van der Waals surface area contributed by atoms with Gasteiger partial charge >= 0.3 is 0 Å². The molecule has 0 aliphatic rings. The van der Waals surface area contributed by atoms with E-state index in [0.29, 0.717) is 24.7 Å². The van der Waals surface area contributed by atoms with E-state index in [9.17, 15) is 4.79 Å². The van der Waals surface area contributed by atoms with Gasteiger partial charge in [0.1, 0.15) is 0 Å². The van der Waals surface area contributed by atoms with Crippen LogP contribution in [0, 0.1) is 6.92 Å². The molecule has 29 heavy (non-hydrogen) atoms. The number of benzene rings is 2. The smallest absolute Gasteiger partial charge is 0.258 e. The molecular weight excluding hydrogens is 432 g/mol. The number of hydrogen-bond acceptors (Lipinski definition) is 4. The molecule has 5 nitrogen and oxygen atoms in total. The molecule has 2 N–H and O–H groups in total. The van der Waals surface area contributed by atoms with Gasteiger partial charge in [0.25, 0.3) is 5.91 Å². The molecule has 0 heterocycles. The highest BCUT2D eigenvalue weighted by Crippen LogP contribution is 2.34. The van der Waals surface area contributed by atoms with Crippen LogP contribution in [0.1, 0.15) is 44.4 Å². The summed E-state index contributed by atoms with van der Waals surface area (Å²) in [4.78, 5) is 12.1. The van der Waals surface area contributed by atoms with Crippen molar-refractivity contribution >= 4 is 21.8 Å². The van der Waals surface area contributed by atoms with Gasteiger partial charge in [-0.1, -0.05) is 45.8 Å². The van der Waals surface area contributed by atoms with E-state index in [1.54, 1.807) is 0 Å². The molecule has 158 valence electrons. The van der Waals surface area contributed by atoms with Crippen LogP contribution < -0.4 is 20.1 Å². The Morgan fingerprint density at radius 2 is 1.69 bits per heavy atom. The molecule has 0 spiro atoms. The summed E-state index contributed by atoms with van der Waals surface area (Å²) in [7, 11) is 0. The minimum absolute atomic E-state index is 0.0607. The summed E-state index contributed by atoms with van der Waals surface area (Å²) < 4.78 is 12.4. The maximum atomic E-state index is 12.1. The van der Waals surface area contributed by atoms with Crippen LogP contribution in [0.25, 0.3) is 0 Å². The zero-order chi connectivity index (χ0) is 21.4. The predicted molar refractivity (Wildman–Crippen MR) is 120 cm³/mol. The van der Waals surface area contributed by atoms with Crippen LogP contribution in [0.4, 0.5) is 0 Å². The number of halogens is 1. The monoisotopic (exact) mass is 462 g/mol. The van der Waals surface area contributed by atoms with Gasteiger partial charge in [0, 0.05) is 23.1 Å². The average molecular weight is 463 g/mol. The summed E-state index contributed by atoms with van der Waals surface area (Å²) in [6.07, 6.45) is 0. The van der Waals surface area contributed by atoms with Crippen molar-refractivity contribution in [3.8, 4) is 11.5 Å². The Morgan fingerprint density at radius 3 is 2.31 bits per heavy atom. The number of nitrogens with one attached hydrogen (secondary N) is 2. The van der Waals surface area contributed by atoms with Gasteiger partial charge in [-0.25, -0.2) is 0 Å². The Morgan fingerprint density at radius 1 is 1.03 bits per heavy atom. The quantitative estimate of drug-likeness (QED) is 0.564. The fourth-order valence-electron chi connectivity index (χ4n) is 2.74. The average Bonchev–Trinajstić information content (AvgIpc) is 2.63. The summed E-state index contributed by atoms with van der Waals surface area (Å²) in [6, 6.07) is 12.3. The molecule has 0 fully saturated rings. The third kappa shape index (κ3) is 8.07. The van der Waals surface area contributed by atoms with Crippen molar-refractivity contribution in [2.45, 2.75) is 53.2 Å². The Hall–Kier alpha value is -2.05. The Bertz CT molecular complexity index is 814. The summed E-state index contributed by atoms with van der Waals surface area (Å²) in [5.74, 6) is 1.01. The largest absolute Gasteiger partial charge is 0.490 e. The lowest BCUT2D eigenvalue weighted by atomic mass is 10.1. The first-order valence-corrected chi connectivity index (χ1v) is 10.6. The van der Waals surface area contributed by atoms with Crippen molar-refractivity contribution in [1.82, 2.24) is 10.6 Å². The van der Waals surface area contributed by atoms with E-state index in [-0.39, 0.29) is 18.1 Å². The van der Waals surface area contributed by atoms with Gasteiger partial charge in [-0.3, -0.25) is 4.79 Å². The Balaban J connectivity index is 2.02. The van der Waals surface area contributed by atoms with Crippen molar-refractivity contribution in [3.05, 3.63) is 57.6 Å². The van der Waals surface area contributed by atoms with Crippen LogP contribution in [-0.2, 0) is 17.9 Å². The van der Waals surface area contributed by atoms with E-state index in [2.05, 4.69) is 57.8 Å². The molecule has 2 rings (SSSR count). The van der Waals surface area contributed by atoms with Gasteiger partial charge in [0.15, 0.2) is 18.1 Å². The second kappa shape index (κ2) is 10.6. The molecule has 0 atom stereocenters. The molecule has 0 aliphatic carbocycles. The van der Waals surface area contributed by atoms with Crippen LogP contribution in [0.2, 0.25) is 0 Å². The molecule has 0 unspecified atom stereocenters. The predicted octanol–water partition coefficient (Wildman–Crippen LogP) is 4.74. The van der Waals surface area contributed by atoms with E-state index >= 15 is 0 Å². The summed E-state index contributed by atoms with van der Waals surface area (Å²) in [5.41, 5.74) is 3.26. The number of hydrogen-bond donors (Lipinski definition) is 2. The fraction of sp³-hybridized carbons (Fsp3) is 0.435. The molecule has 0 radical (unpaired) electrons. The van der Waals surface area contributed by atoms with Crippen molar-refractivity contribution in [2.24, 2.45) is 0 Å². The molecule has 0 saturated heterocycles. The standard InChI is InChI=1S/C23H31BrN2O3/c1-6-28-20-11-18(14-25-13-17-9-7-16(2)8-10-17)19(24)12-21(20)29-15-22(27)26-23(3,4)5/h7-12,25H,6,13-15H2,1-5H3,(H,26,27). The van der Waals surface area contributed by atoms with Crippen LogP contribution in [-0.4, -0.2) is 24.7 Å². The molecule has 1 amide bonds. The maximum Gasteiger partial charge on any atom is 0.258 e. The molecule has 0 aromatic heterocycles. The molecule has 2 aromatic rings. The first kappa shape index (κ1) is 23.2. The van der Waals surface area contributed by atoms with Gasteiger partial charge in [-0.15, -0.1) is 0 Å². The highest BCUT2D eigenvalue weighted by Gasteiger charge is 2.16. The molecular formula is C23H31BrN2O3. The van der Waals surface area contributed by atoms with Crippen molar-refractivity contribution in [1.29, 1.82) is 0 Å². The van der Waals surface area contributed by atoms with Crippen LogP contribution in [0.5, 0.6) is 11.5 Å². The van der Waals surface area contributed by atoms with E-state index in [1.807, 2.05) is 39.8 Å². The van der Waals surface area contributed by atoms with Gasteiger partial charge in [-0.2, -0.15) is 0 Å². The molecule has 0 saturated carbocycles. The van der Waals surface area contributed by atoms with Crippen molar-refractivity contribution in [3.63, 3.8) is 0 Å². The number of amides is 1. The van der Waals surface area contributed by atoms with Crippen LogP contribution in [0.15, 0.2) is 40.9 Å². The second-order valence-corrected chi connectivity index (χ2v) is 8.85. The number of carbonyl (C=O) groups excluding carboxylic acids is 1. The number of carbonyl (C=O) groups is 1. The summed E-state index contributed by atoms with van der Waals surface area (Å²) in [6.45, 7) is 11.7. The summed E-state index contributed by atoms with van der Waals surface area (Å²) in [5, 5.41) is 6.34. The third-order valence-electron chi connectivity index (χ3n) is 4.05. The van der Waals surface area contributed by atoms with Crippen LogP contribution in [0.3, 0.4) is 0 Å². The molecule has 6 heteroatoms. The first-order chi connectivity index (χ1) is 13.7. The Labute approximate surface area is 182 Å². The van der Waals surface area contributed by atoms with E-state index < -0.39 is 0 Å². The van der Waals surface area contributed by atoms with Gasteiger partial charge in [0.2, 0.25) is 0 Å². The van der Waals surface area contributed by atoms with Gasteiger partial charge < -0.3 is 20.1 Å². The molecule has 0 bridgehead atoms. The maximum absolute atomic E-state index is 12.1. The lowest BCUT2D eigenvalue weighted by Gasteiger charge is -2.21. The number of ether oxygens (including phenoxy) is 2. The topological polar surface area (TPSA) is 59.6 Å². The lowest BCUT2D eigenvalue weighted by molar-refractivity contribution is -0.124. The van der Waals surface area contributed by atoms with Crippen molar-refractivity contribution < 1.29 is 14.3 Å². The summed E-state index contributed by atoms with van der Waals surface area (Å²) >= 11 is 3.61. The molecule has 2 aromatic carbocycles. The number of aryl methyl sites for hydroxylation is 1. The number of rotatable bonds is 9. The minimum Gasteiger partial charge on any atom is -0.490 e. The van der Waals surface area contributed by atoms with Crippen LogP contribution >= 0.6 is 15.9 Å². The van der Waals surface area contributed by atoms with E-state index in [4.69, 9.17) is 9.47 Å². The molecule has 0 aliphatic heterocycles. The lowest BCUT2D eigenvalue weighted by Crippen LogP contribution is -2.43. The highest BCUT2D eigenvalue weighted by molar-refractivity contribution is 9.10. The minimum atomic E-state index is -0.295. The highest BCUT2D eigenvalue weighted by atomic mass is 79.9. The Kier molecular flexibility index (Phi) is 8.53. The van der Waals surface area contributed by atoms with E-state index in [1.165, 1.54) is 11.1 Å². The van der Waals surface area contributed by atoms with E-state index in [0.717, 1.165) is 16.6 Å². The first-order valence-electron chi connectivity index (χ1n) is 9.83. The van der Waals surface area contributed by atoms with Crippen molar-refractivity contribution in [2.75, 3.05) is 13.2 Å². The SMILES string of the molecule is CCOc1cc(CNCc2ccc(C)cc2)c(Br)cc1OCC(=O)NC(C)(C)C. The van der Waals surface area contributed by atoms with Gasteiger partial charge in [0.05, 0.1) is 6.61 Å². The third-order valence-corrected chi connectivity index (χ3v) is 4.79. The fourth-order valence-corrected chi connectivity index (χ4v) is 3.20. The van der Waals surface area contributed by atoms with Gasteiger partial charge in [-0.05, 0) is 57.9 Å². The normalized spacial score (nSPS) is 11.2.